The Morgan fingerprint density at radius 1 is 0.621 bits per heavy atom. The lowest BCUT2D eigenvalue weighted by Gasteiger charge is -2.34. The number of aliphatic hydroxyl groups excluding tert-OH is 1. The molecule has 348 valence electrons. The molecule has 15 nitrogen and oxygen atoms in total. The molecule has 15 heteroatoms. The number of nitrogens with zero attached hydrogens (tertiary/aromatic N) is 5. The number of ether oxygens (including phenoxy) is 2. The van der Waals surface area contributed by atoms with Gasteiger partial charge in [-0.2, -0.15) is 0 Å². The minimum atomic E-state index is -0.542. The molecule has 0 atom stereocenters. The lowest BCUT2D eigenvalue weighted by molar-refractivity contribution is -0.384. The van der Waals surface area contributed by atoms with Crippen molar-refractivity contribution in [1.82, 2.24) is 19.8 Å². The van der Waals surface area contributed by atoms with Crippen LogP contribution in [0.5, 0.6) is 0 Å². The van der Waals surface area contributed by atoms with Gasteiger partial charge in [0.1, 0.15) is 17.0 Å². The molecule has 0 spiro atoms. The fraction of sp³-hybridized carbons (Fsp3) is 0.373. The van der Waals surface area contributed by atoms with Crippen LogP contribution in [0.4, 0.5) is 32.6 Å². The standard InChI is InChI=1S/C25H28N4O4.C25H30N4O2.CH4O/c1-25(2,3)33-24(30)28-14-12-20(13-15-28)26-23-22(29(31)32)11-10-21(27-23)19-9-8-17-6-4-5-7-18(17)16-19;1-25(2,3)31-24(30)29-14-12-20(13-15-29)27-23-21(26)10-11-22(28-23)19-9-8-17-6-4-5-7-18(17)16-19;1-2/h4-11,16,20H,12-15H2,1-3H3,(H,26,27);4-11,16,20H,12-15,26H2,1-3H3,(H,27,28);2H,1H3. The normalized spacial score (nSPS) is 14.6. The number of carbonyl (C=O) groups excluding carboxylic acids is 2. The van der Waals surface area contributed by atoms with E-state index in [1.165, 1.54) is 16.8 Å². The van der Waals surface area contributed by atoms with Crippen LogP contribution in [0.3, 0.4) is 0 Å². The fourth-order valence-electron chi connectivity index (χ4n) is 7.76. The van der Waals surface area contributed by atoms with Crippen molar-refractivity contribution >= 4 is 56.7 Å². The second-order valence-electron chi connectivity index (χ2n) is 18.4. The van der Waals surface area contributed by atoms with Crippen molar-refractivity contribution < 1.29 is 29.1 Å². The van der Waals surface area contributed by atoms with Crippen LogP contribution in [0.2, 0.25) is 0 Å². The van der Waals surface area contributed by atoms with Crippen LogP contribution in [0, 0.1) is 10.1 Å². The number of nitrogens with two attached hydrogens (primary N) is 1. The van der Waals surface area contributed by atoms with E-state index >= 15 is 0 Å². The molecule has 4 heterocycles. The lowest BCUT2D eigenvalue weighted by Crippen LogP contribution is -2.44. The minimum Gasteiger partial charge on any atom is -0.444 e. The van der Waals surface area contributed by atoms with Crippen LogP contribution in [0.25, 0.3) is 44.1 Å². The van der Waals surface area contributed by atoms with Crippen molar-refractivity contribution in [1.29, 1.82) is 0 Å². The van der Waals surface area contributed by atoms with Crippen molar-refractivity contribution in [2.45, 2.75) is 90.5 Å². The predicted molar refractivity (Wildman–Crippen MR) is 262 cm³/mol. The van der Waals surface area contributed by atoms with Gasteiger partial charge < -0.3 is 40.7 Å². The number of amides is 2. The molecule has 5 N–H and O–H groups in total. The van der Waals surface area contributed by atoms with Gasteiger partial charge in [0.05, 0.1) is 22.0 Å². The van der Waals surface area contributed by atoms with Gasteiger partial charge in [-0.05, 0) is 119 Å². The highest BCUT2D eigenvalue weighted by Crippen LogP contribution is 2.32. The quantitative estimate of drug-likeness (QED) is 0.0875. The number of hydrogen-bond donors (Lipinski definition) is 4. The Balaban J connectivity index is 0.000000211. The summed E-state index contributed by atoms with van der Waals surface area (Å²) in [5, 5.41) is 30.0. The zero-order valence-corrected chi connectivity index (χ0v) is 38.9. The number of nitrogen functional groups attached to an aromatic ring is 1. The SMILES string of the molecule is CC(C)(C)OC(=O)N1CCC(Nc2nc(-c3ccc4ccccc4c3)ccc2N)CC1.CC(C)(C)OC(=O)N1CCC(Nc2nc(-c3ccc4ccccc4c3)ccc2[N+](=O)[O-])CC1.CO. The Hall–Kier alpha value is -7.00. The number of anilines is 3. The molecule has 2 aliphatic rings. The van der Waals surface area contributed by atoms with Gasteiger partial charge in [0.15, 0.2) is 0 Å². The molecule has 0 radical (unpaired) electrons. The van der Waals surface area contributed by atoms with Crippen molar-refractivity contribution in [3.63, 3.8) is 0 Å². The molecule has 4 aromatic carbocycles. The number of rotatable bonds is 7. The molecule has 8 rings (SSSR count). The maximum atomic E-state index is 12.3. The zero-order valence-electron chi connectivity index (χ0n) is 38.9. The molecule has 2 aromatic heterocycles. The third kappa shape index (κ3) is 13.1. The molecule has 0 saturated carbocycles. The van der Waals surface area contributed by atoms with Gasteiger partial charge in [-0.25, -0.2) is 19.6 Å². The Bertz CT molecular complexity index is 2630. The van der Waals surface area contributed by atoms with Crippen molar-refractivity contribution in [3.8, 4) is 22.5 Å². The number of nitro groups is 1. The van der Waals surface area contributed by atoms with Gasteiger partial charge in [0.2, 0.25) is 5.82 Å². The molecule has 6 aromatic rings. The van der Waals surface area contributed by atoms with Gasteiger partial charge in [0, 0.05) is 62.6 Å². The Morgan fingerprint density at radius 3 is 1.44 bits per heavy atom. The Morgan fingerprint density at radius 2 is 1.02 bits per heavy atom. The summed E-state index contributed by atoms with van der Waals surface area (Å²) < 4.78 is 10.9. The molecule has 0 aliphatic carbocycles. The van der Waals surface area contributed by atoms with Gasteiger partial charge in [-0.15, -0.1) is 0 Å². The molecule has 0 bridgehead atoms. The molecule has 2 amide bonds. The molecular formula is C51H62N8O7. The van der Waals surface area contributed by atoms with Gasteiger partial charge >= 0.3 is 17.9 Å². The van der Waals surface area contributed by atoms with Crippen molar-refractivity contribution in [2.24, 2.45) is 0 Å². The topological polar surface area (TPSA) is 198 Å². The number of aromatic nitrogens is 2. The second-order valence-corrected chi connectivity index (χ2v) is 18.4. The number of fused-ring (bicyclic) bond motifs is 2. The van der Waals surface area contributed by atoms with Crippen LogP contribution in [-0.2, 0) is 9.47 Å². The summed E-state index contributed by atoms with van der Waals surface area (Å²) in [5.74, 6) is 0.947. The highest BCUT2D eigenvalue weighted by atomic mass is 16.6. The summed E-state index contributed by atoms with van der Waals surface area (Å²) in [6.07, 6.45) is 2.36. The average molecular weight is 899 g/mol. The van der Waals surface area contributed by atoms with Crippen molar-refractivity contribution in [3.05, 3.63) is 119 Å². The Labute approximate surface area is 386 Å². The molecule has 2 saturated heterocycles. The molecule has 66 heavy (non-hydrogen) atoms. The van der Waals surface area contributed by atoms with E-state index in [4.69, 9.17) is 25.3 Å². The number of hydrogen-bond acceptors (Lipinski definition) is 12. The Kier molecular flexibility index (Phi) is 15.7. The number of likely N-dealkylation sites (tertiary alicyclic amines) is 2. The molecule has 2 fully saturated rings. The first-order valence-electron chi connectivity index (χ1n) is 22.3. The van der Waals surface area contributed by atoms with Gasteiger partial charge in [0.25, 0.3) is 0 Å². The third-order valence-corrected chi connectivity index (χ3v) is 11.1. The van der Waals surface area contributed by atoms with Crippen LogP contribution in [0.1, 0.15) is 67.2 Å². The highest BCUT2D eigenvalue weighted by molar-refractivity contribution is 5.88. The van der Waals surface area contributed by atoms with E-state index in [1.807, 2.05) is 108 Å². The first kappa shape index (κ1) is 48.5. The average Bonchev–Trinajstić information content (AvgIpc) is 3.29. The largest absolute Gasteiger partial charge is 0.444 e. The monoisotopic (exact) mass is 898 g/mol. The van der Waals surface area contributed by atoms with E-state index in [1.54, 1.807) is 15.9 Å². The van der Waals surface area contributed by atoms with E-state index in [-0.39, 0.29) is 35.8 Å². The third-order valence-electron chi connectivity index (χ3n) is 11.1. The second kappa shape index (κ2) is 21.3. The first-order chi connectivity index (χ1) is 31.5. The summed E-state index contributed by atoms with van der Waals surface area (Å²) in [6, 6.07) is 35.9. The minimum absolute atomic E-state index is 0.0262. The van der Waals surface area contributed by atoms with E-state index in [2.05, 4.69) is 45.9 Å². The first-order valence-corrected chi connectivity index (χ1v) is 22.3. The highest BCUT2D eigenvalue weighted by Gasteiger charge is 2.30. The number of pyridine rings is 2. The summed E-state index contributed by atoms with van der Waals surface area (Å²) in [5.41, 5.74) is 9.26. The number of piperidine rings is 2. The van der Waals surface area contributed by atoms with E-state index in [0.717, 1.165) is 47.5 Å². The van der Waals surface area contributed by atoms with Crippen LogP contribution < -0.4 is 16.4 Å². The van der Waals surface area contributed by atoms with E-state index < -0.39 is 16.1 Å². The zero-order chi connectivity index (χ0) is 47.6. The fourth-order valence-corrected chi connectivity index (χ4v) is 7.76. The number of carbonyl (C=O) groups is 2. The van der Waals surface area contributed by atoms with Gasteiger partial charge in [-0.1, -0.05) is 72.8 Å². The van der Waals surface area contributed by atoms with Crippen LogP contribution >= 0.6 is 0 Å². The maximum Gasteiger partial charge on any atom is 0.410 e. The van der Waals surface area contributed by atoms with Crippen LogP contribution in [-0.4, -0.2) is 98.6 Å². The summed E-state index contributed by atoms with van der Waals surface area (Å²) in [7, 11) is 1.00. The van der Waals surface area contributed by atoms with Crippen LogP contribution in [0.15, 0.2) is 109 Å². The number of aliphatic hydroxyl groups is 1. The van der Waals surface area contributed by atoms with E-state index in [9.17, 15) is 19.7 Å². The lowest BCUT2D eigenvalue weighted by atomic mass is 10.0. The maximum absolute atomic E-state index is 12.3. The van der Waals surface area contributed by atoms with E-state index in [0.29, 0.717) is 56.2 Å². The molecule has 2 aliphatic heterocycles. The number of nitrogens with one attached hydrogen (secondary N) is 2. The predicted octanol–water partition coefficient (Wildman–Crippen LogP) is 10.5. The summed E-state index contributed by atoms with van der Waals surface area (Å²) >= 11 is 0. The summed E-state index contributed by atoms with van der Waals surface area (Å²) in [6.45, 7) is 13.5. The molecular weight excluding hydrogens is 837 g/mol. The summed E-state index contributed by atoms with van der Waals surface area (Å²) in [4.78, 5) is 48.6. The smallest absolute Gasteiger partial charge is 0.410 e. The van der Waals surface area contributed by atoms with Crippen molar-refractivity contribution in [2.75, 3.05) is 49.7 Å². The molecule has 0 unspecified atom stereocenters. The van der Waals surface area contributed by atoms with Gasteiger partial charge in [-0.3, -0.25) is 10.1 Å². The number of benzene rings is 4.